The summed E-state index contributed by atoms with van der Waals surface area (Å²) in [5, 5.41) is 2.75. The highest BCUT2D eigenvalue weighted by Gasteiger charge is 2.24. The molecule has 0 atom stereocenters. The van der Waals surface area contributed by atoms with E-state index in [9.17, 15) is 14.4 Å². The highest BCUT2D eigenvalue weighted by molar-refractivity contribution is 6.09. The molecule has 2 amide bonds. The van der Waals surface area contributed by atoms with Crippen LogP contribution in [0.25, 0.3) is 0 Å². The molecule has 3 aromatic rings. The maximum absolute atomic E-state index is 13.1. The molecule has 0 saturated heterocycles. The molecule has 1 aromatic heterocycles. The molecule has 1 N–H and O–H groups in total. The number of nitrogens with one attached hydrogen (secondary N) is 1. The number of pyridine rings is 1. The lowest BCUT2D eigenvalue weighted by atomic mass is 10.0. The first-order valence-electron chi connectivity index (χ1n) is 9.81. The van der Waals surface area contributed by atoms with Gasteiger partial charge >= 0.3 is 0 Å². The summed E-state index contributed by atoms with van der Waals surface area (Å²) >= 11 is 0. The molecule has 0 fully saturated rings. The Kier molecular flexibility index (Phi) is 5.39. The number of carbonyl (C=O) groups is 3. The number of rotatable bonds is 4. The molecule has 0 saturated carbocycles. The van der Waals surface area contributed by atoms with Crippen LogP contribution in [0.2, 0.25) is 0 Å². The second-order valence-electron chi connectivity index (χ2n) is 7.21. The molecular weight excluding hydrogens is 378 g/mol. The van der Waals surface area contributed by atoms with E-state index in [2.05, 4.69) is 10.3 Å². The third-order valence-electron chi connectivity index (χ3n) is 5.14. The number of fused-ring (bicyclic) bond motifs is 1. The minimum absolute atomic E-state index is 0.0416. The fourth-order valence-electron chi connectivity index (χ4n) is 3.57. The number of hydrogen-bond acceptors (Lipinski definition) is 4. The summed E-state index contributed by atoms with van der Waals surface area (Å²) in [5.74, 6) is -0.608. The van der Waals surface area contributed by atoms with Gasteiger partial charge in [-0.2, -0.15) is 0 Å². The van der Waals surface area contributed by atoms with Crippen molar-refractivity contribution in [1.29, 1.82) is 0 Å². The standard InChI is InChI=1S/C24H21N3O3/c1-16(28)17-8-10-20(11-9-17)26-23(29)21-15-19(12-13-25-21)24(30)27-14-4-6-18-5-2-3-7-22(18)27/h2-3,5,7-13,15H,4,6,14H2,1H3,(H,26,29). The molecule has 0 unspecified atom stereocenters. The third kappa shape index (κ3) is 3.98. The van der Waals surface area contributed by atoms with Crippen molar-refractivity contribution >= 4 is 29.0 Å². The minimum Gasteiger partial charge on any atom is -0.321 e. The van der Waals surface area contributed by atoms with Crippen molar-refractivity contribution in [3.8, 4) is 0 Å². The summed E-state index contributed by atoms with van der Waals surface area (Å²) in [5.41, 5.74) is 3.76. The molecular formula is C24H21N3O3. The maximum Gasteiger partial charge on any atom is 0.274 e. The van der Waals surface area contributed by atoms with Crippen molar-refractivity contribution in [2.75, 3.05) is 16.8 Å². The van der Waals surface area contributed by atoms with Crippen molar-refractivity contribution < 1.29 is 14.4 Å². The van der Waals surface area contributed by atoms with Crippen LogP contribution in [-0.2, 0) is 6.42 Å². The van der Waals surface area contributed by atoms with E-state index in [1.807, 2.05) is 24.3 Å². The Balaban J connectivity index is 1.53. The van der Waals surface area contributed by atoms with Gasteiger partial charge in [0.2, 0.25) is 0 Å². The molecule has 0 bridgehead atoms. The first-order chi connectivity index (χ1) is 14.5. The first-order valence-corrected chi connectivity index (χ1v) is 9.81. The van der Waals surface area contributed by atoms with Crippen LogP contribution in [-0.4, -0.2) is 29.1 Å². The van der Waals surface area contributed by atoms with Gasteiger partial charge in [0.1, 0.15) is 5.69 Å². The molecule has 30 heavy (non-hydrogen) atoms. The molecule has 6 nitrogen and oxygen atoms in total. The lowest BCUT2D eigenvalue weighted by Crippen LogP contribution is -2.35. The second kappa shape index (κ2) is 8.29. The molecule has 2 aromatic carbocycles. The van der Waals surface area contributed by atoms with E-state index < -0.39 is 5.91 Å². The average molecular weight is 399 g/mol. The second-order valence-corrected chi connectivity index (χ2v) is 7.21. The van der Waals surface area contributed by atoms with Gasteiger partial charge in [-0.3, -0.25) is 19.4 Å². The van der Waals surface area contributed by atoms with Crippen LogP contribution in [0.15, 0.2) is 66.9 Å². The summed E-state index contributed by atoms with van der Waals surface area (Å²) in [6.45, 7) is 2.13. The van der Waals surface area contributed by atoms with E-state index in [0.717, 1.165) is 24.1 Å². The fraction of sp³-hybridized carbons (Fsp3) is 0.167. The molecule has 0 radical (unpaired) electrons. The zero-order valence-electron chi connectivity index (χ0n) is 16.6. The Morgan fingerprint density at radius 1 is 0.967 bits per heavy atom. The quantitative estimate of drug-likeness (QED) is 0.669. The molecule has 6 heteroatoms. The van der Waals surface area contributed by atoms with Crippen molar-refractivity contribution in [1.82, 2.24) is 4.98 Å². The number of para-hydroxylation sites is 1. The zero-order chi connectivity index (χ0) is 21.1. The number of ketones is 1. The maximum atomic E-state index is 13.1. The summed E-state index contributed by atoms with van der Waals surface area (Å²) in [6, 6.07) is 17.7. The van der Waals surface area contributed by atoms with E-state index in [1.54, 1.807) is 35.2 Å². The summed E-state index contributed by atoms with van der Waals surface area (Å²) in [6.07, 6.45) is 3.32. The van der Waals surface area contributed by atoms with Crippen LogP contribution >= 0.6 is 0 Å². The monoisotopic (exact) mass is 399 g/mol. The van der Waals surface area contributed by atoms with Crippen molar-refractivity contribution in [2.45, 2.75) is 19.8 Å². The van der Waals surface area contributed by atoms with Crippen LogP contribution in [0.5, 0.6) is 0 Å². The van der Waals surface area contributed by atoms with E-state index in [0.29, 0.717) is 23.4 Å². The van der Waals surface area contributed by atoms with E-state index in [1.165, 1.54) is 19.2 Å². The largest absolute Gasteiger partial charge is 0.321 e. The van der Waals surface area contributed by atoms with Gasteiger partial charge in [0.05, 0.1) is 0 Å². The van der Waals surface area contributed by atoms with Crippen molar-refractivity contribution in [3.05, 3.63) is 89.2 Å². The average Bonchev–Trinajstić information content (AvgIpc) is 2.78. The molecule has 4 rings (SSSR count). The lowest BCUT2D eigenvalue weighted by Gasteiger charge is -2.29. The number of Topliss-reactive ketones (excluding diaryl/α,β-unsaturated/α-hetero) is 1. The van der Waals surface area contributed by atoms with Crippen molar-refractivity contribution in [2.24, 2.45) is 0 Å². The fourth-order valence-corrected chi connectivity index (χ4v) is 3.57. The summed E-state index contributed by atoms with van der Waals surface area (Å²) < 4.78 is 0. The van der Waals surface area contributed by atoms with E-state index in [4.69, 9.17) is 0 Å². The Morgan fingerprint density at radius 3 is 2.50 bits per heavy atom. The number of hydrogen-bond donors (Lipinski definition) is 1. The lowest BCUT2D eigenvalue weighted by molar-refractivity contribution is 0.0983. The van der Waals surface area contributed by atoms with E-state index in [-0.39, 0.29) is 17.4 Å². The van der Waals surface area contributed by atoms with Gasteiger partial charge in [0.15, 0.2) is 5.78 Å². The first kappa shape index (κ1) is 19.5. The molecule has 0 aliphatic carbocycles. The SMILES string of the molecule is CC(=O)c1ccc(NC(=O)c2cc(C(=O)N3CCCc4ccccc43)ccn2)cc1. The normalized spacial score (nSPS) is 12.8. The van der Waals surface area contributed by atoms with Crippen LogP contribution in [0.1, 0.15) is 50.1 Å². The number of anilines is 2. The molecule has 0 spiro atoms. The zero-order valence-corrected chi connectivity index (χ0v) is 16.6. The predicted molar refractivity (Wildman–Crippen MR) is 115 cm³/mol. The molecule has 150 valence electrons. The Bertz CT molecular complexity index is 1120. The molecule has 1 aliphatic rings. The highest BCUT2D eigenvalue weighted by Crippen LogP contribution is 2.28. The molecule has 2 heterocycles. The van der Waals surface area contributed by atoms with Crippen LogP contribution in [0.4, 0.5) is 11.4 Å². The Labute approximate surface area is 174 Å². The Hall–Kier alpha value is -3.80. The number of benzene rings is 2. The number of aromatic nitrogens is 1. The Morgan fingerprint density at radius 2 is 1.73 bits per heavy atom. The van der Waals surface area contributed by atoms with E-state index >= 15 is 0 Å². The van der Waals surface area contributed by atoms with Gasteiger partial charge in [-0.25, -0.2) is 0 Å². The van der Waals surface area contributed by atoms with Gasteiger partial charge in [-0.15, -0.1) is 0 Å². The molecule has 1 aliphatic heterocycles. The summed E-state index contributed by atoms with van der Waals surface area (Å²) in [4.78, 5) is 43.0. The number of carbonyl (C=O) groups excluding carboxylic acids is 3. The summed E-state index contributed by atoms with van der Waals surface area (Å²) in [7, 11) is 0. The highest BCUT2D eigenvalue weighted by atomic mass is 16.2. The van der Waals surface area contributed by atoms with Crippen LogP contribution in [0, 0.1) is 0 Å². The van der Waals surface area contributed by atoms with Crippen molar-refractivity contribution in [3.63, 3.8) is 0 Å². The smallest absolute Gasteiger partial charge is 0.274 e. The number of nitrogens with zero attached hydrogens (tertiary/aromatic N) is 2. The van der Waals surface area contributed by atoms with Gasteiger partial charge in [-0.05, 0) is 67.8 Å². The minimum atomic E-state index is -0.417. The van der Waals surface area contributed by atoms with Gasteiger partial charge < -0.3 is 10.2 Å². The van der Waals surface area contributed by atoms with Gasteiger partial charge in [0, 0.05) is 35.2 Å². The topological polar surface area (TPSA) is 79.4 Å². The van der Waals surface area contributed by atoms with Gasteiger partial charge in [-0.1, -0.05) is 18.2 Å². The number of amides is 2. The predicted octanol–water partition coefficient (Wildman–Crippen LogP) is 4.13. The van der Waals surface area contributed by atoms with Crippen LogP contribution in [0.3, 0.4) is 0 Å². The third-order valence-corrected chi connectivity index (χ3v) is 5.14. The van der Waals surface area contributed by atoms with Crippen LogP contribution < -0.4 is 10.2 Å². The van der Waals surface area contributed by atoms with Gasteiger partial charge in [0.25, 0.3) is 11.8 Å². The number of aryl methyl sites for hydroxylation is 1.